The van der Waals surface area contributed by atoms with Gasteiger partial charge in [-0.2, -0.15) is 5.21 Å². The number of aromatic amines is 1. The van der Waals surface area contributed by atoms with Crippen LogP contribution in [0.3, 0.4) is 0 Å². The molecule has 0 saturated carbocycles. The van der Waals surface area contributed by atoms with Crippen molar-refractivity contribution in [3.63, 3.8) is 0 Å². The van der Waals surface area contributed by atoms with Crippen molar-refractivity contribution in [3.8, 4) is 28.5 Å². The number of nitrogens with zero attached hydrogens (tertiary/aromatic N) is 3. The number of aromatic nitrogens is 4. The molecule has 0 saturated heterocycles. The summed E-state index contributed by atoms with van der Waals surface area (Å²) < 4.78 is 11.1. The molecule has 0 fully saturated rings. The molecule has 2 aromatic rings. The van der Waals surface area contributed by atoms with Crippen LogP contribution in [0.15, 0.2) is 45.6 Å². The first-order valence-electron chi connectivity index (χ1n) is 7.24. The highest BCUT2D eigenvalue weighted by atomic mass is 16.5. The van der Waals surface area contributed by atoms with Gasteiger partial charge in [0.05, 0.1) is 12.2 Å². The lowest BCUT2D eigenvalue weighted by Crippen LogP contribution is -2.13. The molecule has 1 aromatic heterocycles. The van der Waals surface area contributed by atoms with Crippen molar-refractivity contribution in [1.82, 2.24) is 20.6 Å². The fourth-order valence-electron chi connectivity index (χ4n) is 2.50. The Bertz CT molecular complexity index is 1030. The van der Waals surface area contributed by atoms with Crippen LogP contribution in [0.4, 0.5) is 0 Å². The predicted molar refractivity (Wildman–Crippen MR) is 84.9 cm³/mol. The first-order valence-corrected chi connectivity index (χ1v) is 7.24. The number of hydrogen-bond donors (Lipinski definition) is 2. The van der Waals surface area contributed by atoms with Gasteiger partial charge in [-0.3, -0.25) is 4.79 Å². The minimum absolute atomic E-state index is 0.0690. The maximum atomic E-state index is 12.4. The van der Waals surface area contributed by atoms with Crippen LogP contribution in [0.2, 0.25) is 0 Å². The molecule has 0 unspecified atom stereocenters. The van der Waals surface area contributed by atoms with E-state index >= 15 is 0 Å². The van der Waals surface area contributed by atoms with Crippen molar-refractivity contribution >= 4 is 11.0 Å². The van der Waals surface area contributed by atoms with Crippen molar-refractivity contribution in [3.05, 3.63) is 46.6 Å². The van der Waals surface area contributed by atoms with Gasteiger partial charge < -0.3 is 14.3 Å². The van der Waals surface area contributed by atoms with E-state index < -0.39 is 0 Å². The van der Waals surface area contributed by atoms with Gasteiger partial charge in [-0.05, 0) is 29.5 Å². The van der Waals surface area contributed by atoms with Crippen LogP contribution in [0.5, 0.6) is 5.75 Å². The minimum Gasteiger partial charge on any atom is -0.487 e. The molecule has 2 aliphatic rings. The molecular formula is C16H12N4O4. The van der Waals surface area contributed by atoms with Gasteiger partial charge in [-0.1, -0.05) is 12.1 Å². The van der Waals surface area contributed by atoms with E-state index in [9.17, 15) is 4.79 Å². The Morgan fingerprint density at radius 3 is 2.92 bits per heavy atom. The summed E-state index contributed by atoms with van der Waals surface area (Å²) in [5.74, 6) is 1.10. The third-order valence-electron chi connectivity index (χ3n) is 3.61. The highest BCUT2D eigenvalue weighted by molar-refractivity contribution is 5.86. The summed E-state index contributed by atoms with van der Waals surface area (Å²) in [6.07, 6.45) is 0. The molecule has 120 valence electrons. The fraction of sp³-hybridized carbons (Fsp3) is 0.125. The summed E-state index contributed by atoms with van der Waals surface area (Å²) in [5.41, 5.74) is 1.51. The molecule has 0 bridgehead atoms. The number of ether oxygens (including phenoxy) is 1. The second-order valence-corrected chi connectivity index (χ2v) is 5.11. The lowest BCUT2D eigenvalue weighted by atomic mass is 10.1. The standard InChI is InChI=1S/C16H12N4O4/c21-5-6-23-13-4-3-12-11(15(13)22)7-9-1-2-10(8-14(9)24-12)16-17-19-20-18-16/h1-4,7-8,21H,5-6H2,(H,17,18,19,20). The fourth-order valence-corrected chi connectivity index (χ4v) is 2.50. The molecule has 8 nitrogen and oxygen atoms in total. The molecule has 4 rings (SSSR count). The largest absolute Gasteiger partial charge is 0.487 e. The third kappa shape index (κ3) is 2.38. The minimum atomic E-state index is -0.270. The van der Waals surface area contributed by atoms with E-state index in [1.165, 1.54) is 0 Å². The van der Waals surface area contributed by atoms with Crippen molar-refractivity contribution in [2.45, 2.75) is 0 Å². The molecule has 1 aliphatic carbocycles. The van der Waals surface area contributed by atoms with Gasteiger partial charge in [0.1, 0.15) is 18.0 Å². The van der Waals surface area contributed by atoms with E-state index in [4.69, 9.17) is 14.3 Å². The Morgan fingerprint density at radius 1 is 1.21 bits per heavy atom. The number of benzene rings is 2. The van der Waals surface area contributed by atoms with Gasteiger partial charge in [0.15, 0.2) is 5.75 Å². The zero-order valence-electron chi connectivity index (χ0n) is 12.4. The number of hydrogen-bond acceptors (Lipinski definition) is 7. The molecule has 0 radical (unpaired) electrons. The number of rotatable bonds is 4. The molecular weight excluding hydrogens is 312 g/mol. The van der Waals surface area contributed by atoms with Crippen LogP contribution in [-0.2, 0) is 0 Å². The van der Waals surface area contributed by atoms with Gasteiger partial charge in [0.2, 0.25) is 11.3 Å². The first-order chi connectivity index (χ1) is 11.8. The van der Waals surface area contributed by atoms with Gasteiger partial charge in [-0.15, -0.1) is 10.2 Å². The van der Waals surface area contributed by atoms with E-state index in [0.717, 1.165) is 10.9 Å². The maximum Gasteiger partial charge on any atom is 0.231 e. The summed E-state index contributed by atoms with van der Waals surface area (Å²) in [6.45, 7) is -0.0854. The van der Waals surface area contributed by atoms with E-state index in [1.54, 1.807) is 24.3 Å². The number of tetrazole rings is 1. The van der Waals surface area contributed by atoms with Crippen molar-refractivity contribution in [1.29, 1.82) is 0 Å². The zero-order chi connectivity index (χ0) is 16.5. The van der Waals surface area contributed by atoms with Crippen LogP contribution in [0.1, 0.15) is 0 Å². The summed E-state index contributed by atoms with van der Waals surface area (Å²) in [5, 5.41) is 23.4. The molecule has 1 aromatic carbocycles. The normalized spacial score (nSPS) is 11.2. The maximum absolute atomic E-state index is 12.4. The van der Waals surface area contributed by atoms with Crippen LogP contribution in [0.25, 0.3) is 33.7 Å². The molecule has 8 heteroatoms. The Kier molecular flexibility index (Phi) is 3.43. The highest BCUT2D eigenvalue weighted by Gasteiger charge is 2.15. The van der Waals surface area contributed by atoms with E-state index in [-0.39, 0.29) is 24.4 Å². The van der Waals surface area contributed by atoms with Crippen molar-refractivity contribution in [2.24, 2.45) is 0 Å². The summed E-state index contributed by atoms with van der Waals surface area (Å²) in [7, 11) is 0. The van der Waals surface area contributed by atoms with Gasteiger partial charge in [0, 0.05) is 10.9 Å². The van der Waals surface area contributed by atoms with Crippen LogP contribution >= 0.6 is 0 Å². The third-order valence-corrected chi connectivity index (χ3v) is 3.61. The van der Waals surface area contributed by atoms with Gasteiger partial charge in [-0.25, -0.2) is 0 Å². The molecule has 0 atom stereocenters. The Balaban J connectivity index is 1.86. The Labute approximate surface area is 135 Å². The van der Waals surface area contributed by atoms with Crippen LogP contribution in [-0.4, -0.2) is 38.9 Å². The lowest BCUT2D eigenvalue weighted by molar-refractivity contribution is 0.200. The van der Waals surface area contributed by atoms with E-state index in [0.29, 0.717) is 22.7 Å². The highest BCUT2D eigenvalue weighted by Crippen LogP contribution is 2.29. The average molecular weight is 324 g/mol. The summed E-state index contributed by atoms with van der Waals surface area (Å²) in [4.78, 5) is 12.4. The summed E-state index contributed by atoms with van der Waals surface area (Å²) >= 11 is 0. The molecule has 2 heterocycles. The van der Waals surface area contributed by atoms with Gasteiger partial charge >= 0.3 is 0 Å². The Morgan fingerprint density at radius 2 is 2.12 bits per heavy atom. The molecule has 0 amide bonds. The van der Waals surface area contributed by atoms with Gasteiger partial charge in [0.25, 0.3) is 0 Å². The second kappa shape index (κ2) is 5.74. The number of nitrogens with one attached hydrogen (secondary N) is 1. The monoisotopic (exact) mass is 324 g/mol. The topological polar surface area (TPSA) is 114 Å². The lowest BCUT2D eigenvalue weighted by Gasteiger charge is -2.09. The quantitative estimate of drug-likeness (QED) is 0.546. The molecule has 1 aliphatic heterocycles. The van der Waals surface area contributed by atoms with E-state index in [1.807, 2.05) is 12.1 Å². The smallest absolute Gasteiger partial charge is 0.231 e. The number of aliphatic hydroxyl groups is 1. The number of aliphatic hydroxyl groups excluding tert-OH is 1. The molecule has 2 N–H and O–H groups in total. The summed E-state index contributed by atoms with van der Waals surface area (Å²) in [6, 6.07) is 10.4. The van der Waals surface area contributed by atoms with E-state index in [2.05, 4.69) is 20.6 Å². The average Bonchev–Trinajstić information content (AvgIpc) is 3.14. The first kappa shape index (κ1) is 14.3. The van der Waals surface area contributed by atoms with Crippen molar-refractivity contribution < 1.29 is 14.3 Å². The predicted octanol–water partition coefficient (Wildman–Crippen LogP) is 1.45. The van der Waals surface area contributed by atoms with Crippen LogP contribution < -0.4 is 10.2 Å². The number of H-pyrrole nitrogens is 1. The van der Waals surface area contributed by atoms with Crippen molar-refractivity contribution in [2.75, 3.05) is 13.2 Å². The zero-order valence-corrected chi connectivity index (χ0v) is 12.4. The molecule has 0 spiro atoms. The second-order valence-electron chi connectivity index (χ2n) is 5.11. The molecule has 24 heavy (non-hydrogen) atoms. The Hall–Kier alpha value is -3.26. The SMILES string of the molecule is O=c1c(OCCO)ccc2oc3cc(-c4nn[nH]n4)ccc3cc1-2. The number of fused-ring (bicyclic) bond motifs is 2. The van der Waals surface area contributed by atoms with Crippen LogP contribution in [0, 0.1) is 0 Å².